The number of hydrogen-bond donors (Lipinski definition) is 0. The van der Waals surface area contributed by atoms with E-state index in [9.17, 15) is 28.2 Å². The van der Waals surface area contributed by atoms with Crippen LogP contribution in [-0.2, 0) is 38.1 Å². The maximum Gasteiger partial charge on any atom is 0.334 e. The molecule has 0 saturated carbocycles. The summed E-state index contributed by atoms with van der Waals surface area (Å²) in [5, 5.41) is 0.481. The van der Waals surface area contributed by atoms with Crippen molar-refractivity contribution in [1.82, 2.24) is 14.3 Å². The summed E-state index contributed by atoms with van der Waals surface area (Å²) in [5.41, 5.74) is 0. The van der Waals surface area contributed by atoms with Gasteiger partial charge >= 0.3 is 5.97 Å². The van der Waals surface area contributed by atoms with Gasteiger partial charge < -0.3 is 4.84 Å². The normalized spacial score (nSPS) is 22.5. The molecule has 0 aliphatic carbocycles. The van der Waals surface area contributed by atoms with Gasteiger partial charge in [-0.3, -0.25) is 24.1 Å². The topological polar surface area (TPSA) is 121 Å². The molecule has 166 valence electrons. The first kappa shape index (κ1) is 24.6. The molecule has 0 N–H and O–H groups in total. The number of hydrogen-bond acceptors (Lipinski definition) is 7. The number of hydroxylamine groups is 2. The zero-order valence-corrected chi connectivity index (χ0v) is 19.6. The molecule has 30 heavy (non-hydrogen) atoms. The van der Waals surface area contributed by atoms with E-state index in [1.807, 2.05) is 0 Å². The van der Waals surface area contributed by atoms with Crippen LogP contribution in [0, 0.1) is 0 Å². The lowest BCUT2D eigenvalue weighted by molar-refractivity contribution is -0.197. The van der Waals surface area contributed by atoms with E-state index in [1.54, 1.807) is 11.2 Å². The fourth-order valence-corrected chi connectivity index (χ4v) is 12.5. The summed E-state index contributed by atoms with van der Waals surface area (Å²) in [6, 6.07) is 0. The van der Waals surface area contributed by atoms with Gasteiger partial charge in [0.25, 0.3) is 17.7 Å². The first-order valence-corrected chi connectivity index (χ1v) is 14.3. The summed E-state index contributed by atoms with van der Waals surface area (Å²) >= 11 is 0. The van der Waals surface area contributed by atoms with Crippen molar-refractivity contribution in [2.45, 2.75) is 26.2 Å². The van der Waals surface area contributed by atoms with Gasteiger partial charge in [-0.2, -0.15) is 4.31 Å². The minimum absolute atomic E-state index is 0.00623. The molecule has 3 atom stereocenters. The Kier molecular flexibility index (Phi) is 9.09. The SMILES string of the molecule is C/C=C\C(=O)N(C=O)CCN(CCC(=O)ON1C(=O)CCC1=O)S1(=O)=[P+](CP)CC1. The van der Waals surface area contributed by atoms with Crippen LogP contribution in [0.2, 0.25) is 0 Å². The Morgan fingerprint density at radius 1 is 1.23 bits per heavy atom. The molecule has 2 aliphatic rings. The molecule has 0 aromatic heterocycles. The van der Waals surface area contributed by atoms with Gasteiger partial charge in [0.05, 0.1) is 6.42 Å². The number of nitrogens with zero attached hydrogens (tertiary/aromatic N) is 3. The molecule has 0 radical (unpaired) electrons. The second-order valence-corrected chi connectivity index (χ2v) is 14.8. The van der Waals surface area contributed by atoms with Crippen molar-refractivity contribution < 1.29 is 33.0 Å². The first-order chi connectivity index (χ1) is 14.3. The molecule has 2 rings (SSSR count). The number of carbonyl (C=O) groups excluding carboxylic acids is 5. The van der Waals surface area contributed by atoms with Crippen LogP contribution in [0.3, 0.4) is 0 Å². The van der Waals surface area contributed by atoms with Gasteiger partial charge in [-0.05, 0) is 13.0 Å². The molecule has 0 bridgehead atoms. The van der Waals surface area contributed by atoms with Gasteiger partial charge in [0.15, 0.2) is 16.0 Å². The molecule has 1 saturated heterocycles. The average molecular weight is 478 g/mol. The number of carbonyl (C=O) groups is 5. The maximum absolute atomic E-state index is 13.4. The fourth-order valence-electron chi connectivity index (χ4n) is 2.97. The van der Waals surface area contributed by atoms with Crippen LogP contribution in [0.4, 0.5) is 0 Å². The van der Waals surface area contributed by atoms with Crippen LogP contribution >= 0.6 is 15.9 Å². The fraction of sp³-hybridized carbons (Fsp3) is 0.588. The first-order valence-electron chi connectivity index (χ1n) is 9.44. The van der Waals surface area contributed by atoms with Crippen molar-refractivity contribution >= 4 is 55.3 Å². The van der Waals surface area contributed by atoms with Crippen molar-refractivity contribution in [2.24, 2.45) is 0 Å². The lowest BCUT2D eigenvalue weighted by atomic mass is 10.4. The van der Waals surface area contributed by atoms with Gasteiger partial charge in [0.1, 0.15) is 17.8 Å². The van der Waals surface area contributed by atoms with Gasteiger partial charge in [-0.1, -0.05) is 15.3 Å². The zero-order valence-electron chi connectivity index (χ0n) is 16.7. The summed E-state index contributed by atoms with van der Waals surface area (Å²) in [7, 11) is 0.238. The van der Waals surface area contributed by atoms with E-state index in [0.29, 0.717) is 23.1 Å². The van der Waals surface area contributed by atoms with Crippen molar-refractivity contribution in [2.75, 3.05) is 37.5 Å². The standard InChI is InChI=1S/C17H26N3O7P2S/c1-2-3-14(22)18(12-21)8-9-19(30(26)11-10-29(30)13-28)7-6-17(25)27-20-15(23)4-5-16(20)24/h2-3,12H,4-11,13,28H2,1H3/q+1/b3-2-. The monoisotopic (exact) mass is 478 g/mol. The average Bonchev–Trinajstić information content (AvgIpc) is 3.01. The second-order valence-electron chi connectivity index (χ2n) is 6.56. The summed E-state index contributed by atoms with van der Waals surface area (Å²) in [4.78, 5) is 64.3. The van der Waals surface area contributed by atoms with E-state index in [4.69, 9.17) is 4.84 Å². The van der Waals surface area contributed by atoms with Crippen molar-refractivity contribution in [3.63, 3.8) is 0 Å². The van der Waals surface area contributed by atoms with E-state index in [2.05, 4.69) is 9.24 Å². The largest absolute Gasteiger partial charge is 0.334 e. The third-order valence-electron chi connectivity index (χ3n) is 4.69. The number of allylic oxidation sites excluding steroid dienone is 1. The number of amides is 4. The molecule has 1 fully saturated rings. The highest BCUT2D eigenvalue weighted by Crippen LogP contribution is 2.43. The summed E-state index contributed by atoms with van der Waals surface area (Å²) in [5.74, 6) is -1.19. The predicted octanol–water partition coefficient (Wildman–Crippen LogP) is 0.289. The van der Waals surface area contributed by atoms with Crippen LogP contribution in [0.5, 0.6) is 0 Å². The van der Waals surface area contributed by atoms with Gasteiger partial charge in [0.2, 0.25) is 6.41 Å². The zero-order chi connectivity index (χ0) is 22.3. The number of imide groups is 2. The van der Waals surface area contributed by atoms with Crippen LogP contribution in [0.1, 0.15) is 26.2 Å². The maximum atomic E-state index is 13.4. The van der Waals surface area contributed by atoms with Crippen molar-refractivity contribution in [3.8, 4) is 0 Å². The Morgan fingerprint density at radius 2 is 1.90 bits per heavy atom. The predicted molar refractivity (Wildman–Crippen MR) is 115 cm³/mol. The molecule has 0 aromatic carbocycles. The molecule has 2 aliphatic heterocycles. The van der Waals surface area contributed by atoms with Crippen molar-refractivity contribution in [3.05, 3.63) is 12.2 Å². The molecular weight excluding hydrogens is 452 g/mol. The Labute approximate surface area is 178 Å². The summed E-state index contributed by atoms with van der Waals surface area (Å²) < 4.78 is 15.1. The van der Waals surface area contributed by atoms with E-state index >= 15 is 0 Å². The van der Waals surface area contributed by atoms with Gasteiger partial charge in [-0.15, -0.1) is 5.06 Å². The molecule has 13 heteroatoms. The van der Waals surface area contributed by atoms with E-state index in [1.165, 1.54) is 12.2 Å². The third-order valence-corrected chi connectivity index (χ3v) is 15.6. The van der Waals surface area contributed by atoms with Crippen molar-refractivity contribution in [1.29, 1.82) is 0 Å². The van der Waals surface area contributed by atoms with Crippen LogP contribution in [0.25, 0.3) is 0 Å². The Hall–Kier alpha value is -1.67. The Morgan fingerprint density at radius 3 is 2.40 bits per heavy atom. The lowest BCUT2D eigenvalue weighted by Crippen LogP contribution is -2.44. The summed E-state index contributed by atoms with van der Waals surface area (Å²) in [6.45, 7) is 1.16. The quantitative estimate of drug-likeness (QED) is 0.181. The highest BCUT2D eigenvalue weighted by atomic mass is 32.5. The summed E-state index contributed by atoms with van der Waals surface area (Å²) in [6.07, 6.45) is 3.89. The highest BCUT2D eigenvalue weighted by Gasteiger charge is 2.41. The molecule has 2 heterocycles. The molecule has 10 nitrogen and oxygen atoms in total. The Balaban J connectivity index is 2.06. The van der Waals surface area contributed by atoms with Gasteiger partial charge in [0, 0.05) is 32.5 Å². The minimum Gasteiger partial charge on any atom is -0.330 e. The van der Waals surface area contributed by atoms with Crippen LogP contribution in [-0.4, -0.2) is 86.0 Å². The van der Waals surface area contributed by atoms with Crippen LogP contribution < -0.4 is 0 Å². The lowest BCUT2D eigenvalue weighted by Gasteiger charge is -2.29. The molecule has 4 amide bonds. The highest BCUT2D eigenvalue weighted by molar-refractivity contribution is 8.32. The minimum atomic E-state index is -2.36. The molecule has 3 unspecified atom stereocenters. The van der Waals surface area contributed by atoms with E-state index in [0.717, 1.165) is 11.1 Å². The van der Waals surface area contributed by atoms with E-state index in [-0.39, 0.29) is 38.9 Å². The smallest absolute Gasteiger partial charge is 0.330 e. The van der Waals surface area contributed by atoms with E-state index < -0.39 is 39.7 Å². The molecular formula is C17H26N3O7P2S+. The number of rotatable bonds is 11. The molecule has 0 spiro atoms. The molecule has 0 aromatic rings. The van der Waals surface area contributed by atoms with Crippen LogP contribution in [0.15, 0.2) is 12.2 Å². The second kappa shape index (κ2) is 11.1. The van der Waals surface area contributed by atoms with Gasteiger partial charge in [-0.25, -0.2) is 9.00 Å². The third kappa shape index (κ3) is 5.72. The Bertz CT molecular complexity index is 867.